The van der Waals surface area contributed by atoms with Crippen molar-refractivity contribution in [2.24, 2.45) is 0 Å². The molecule has 2 aromatic heterocycles. The molecule has 0 bridgehead atoms. The number of ether oxygens (including phenoxy) is 1. The van der Waals surface area contributed by atoms with Crippen molar-refractivity contribution in [3.63, 3.8) is 0 Å². The second-order valence-electron chi connectivity index (χ2n) is 6.08. The highest BCUT2D eigenvalue weighted by Crippen LogP contribution is 2.32. The zero-order valence-electron chi connectivity index (χ0n) is 14.2. The van der Waals surface area contributed by atoms with E-state index in [2.05, 4.69) is 14.9 Å². The number of methoxy groups -OCH3 is 1. The molecule has 6 nitrogen and oxygen atoms in total. The van der Waals surface area contributed by atoms with Crippen molar-refractivity contribution >= 4 is 34.2 Å². The molecule has 3 aromatic rings. The summed E-state index contributed by atoms with van der Waals surface area (Å²) < 4.78 is 4.87. The summed E-state index contributed by atoms with van der Waals surface area (Å²) in [4.78, 5) is 29.3. The number of hydrogen-bond acceptors (Lipinski definition) is 7. The average molecular weight is 354 g/mol. The molecule has 128 valence electrons. The number of esters is 1. The molecule has 0 spiro atoms. The molecule has 1 fully saturated rings. The number of fused-ring (bicyclic) bond motifs is 1. The minimum absolute atomic E-state index is 0.387. The fourth-order valence-corrected chi connectivity index (χ4v) is 3.86. The lowest BCUT2D eigenvalue weighted by Crippen LogP contribution is -2.19. The molecule has 1 aliphatic rings. The summed E-state index contributed by atoms with van der Waals surface area (Å²) in [7, 11) is 1.38. The summed E-state index contributed by atoms with van der Waals surface area (Å²) in [6.07, 6.45) is 5.97. The molecule has 1 aliphatic heterocycles. The van der Waals surface area contributed by atoms with Gasteiger partial charge in [-0.05, 0) is 31.9 Å². The second-order valence-corrected chi connectivity index (χ2v) is 7.32. The van der Waals surface area contributed by atoms with E-state index in [0.29, 0.717) is 11.1 Å². The van der Waals surface area contributed by atoms with E-state index in [1.165, 1.54) is 20.0 Å². The third-order valence-corrected chi connectivity index (χ3v) is 5.28. The van der Waals surface area contributed by atoms with Gasteiger partial charge in [-0.1, -0.05) is 0 Å². The van der Waals surface area contributed by atoms with E-state index in [4.69, 9.17) is 9.72 Å². The van der Waals surface area contributed by atoms with Crippen molar-refractivity contribution in [1.82, 2.24) is 15.0 Å². The topological polar surface area (TPSA) is 68.2 Å². The summed E-state index contributed by atoms with van der Waals surface area (Å²) in [6.45, 7) is 4.02. The van der Waals surface area contributed by atoms with Gasteiger partial charge in [0.25, 0.3) is 0 Å². The number of carbonyl (C=O) groups is 1. The molecular formula is C18H18N4O2S. The first-order valence-corrected chi connectivity index (χ1v) is 9.04. The number of benzene rings is 1. The number of rotatable bonds is 3. The summed E-state index contributed by atoms with van der Waals surface area (Å²) in [5.41, 5.74) is 2.73. The lowest BCUT2D eigenvalue weighted by atomic mass is 10.1. The molecule has 0 N–H and O–H groups in total. The first-order chi connectivity index (χ1) is 12.2. The molecule has 4 rings (SSSR count). The van der Waals surface area contributed by atoms with E-state index in [9.17, 15) is 4.79 Å². The van der Waals surface area contributed by atoms with Crippen LogP contribution in [0.2, 0.25) is 0 Å². The minimum atomic E-state index is -0.387. The van der Waals surface area contributed by atoms with Crippen LogP contribution in [-0.2, 0) is 4.74 Å². The molecule has 3 heterocycles. The Labute approximate surface area is 149 Å². The van der Waals surface area contributed by atoms with E-state index in [1.54, 1.807) is 29.7 Å². The van der Waals surface area contributed by atoms with Gasteiger partial charge in [0.15, 0.2) is 0 Å². The lowest BCUT2D eigenvalue weighted by Gasteiger charge is -2.17. The molecule has 0 atom stereocenters. The first kappa shape index (κ1) is 16.0. The summed E-state index contributed by atoms with van der Waals surface area (Å²) in [6, 6.07) is 3.53. The zero-order chi connectivity index (χ0) is 17.4. The molecule has 1 saturated heterocycles. The fraction of sp³-hybridized carbons (Fsp3) is 0.333. The third kappa shape index (κ3) is 2.95. The zero-order valence-corrected chi connectivity index (χ0v) is 15.0. The smallest absolute Gasteiger partial charge is 0.337 e. The average Bonchev–Trinajstić information content (AvgIpc) is 3.31. The van der Waals surface area contributed by atoms with Gasteiger partial charge in [0.05, 0.1) is 24.4 Å². The van der Waals surface area contributed by atoms with E-state index >= 15 is 0 Å². The first-order valence-electron chi connectivity index (χ1n) is 8.22. The van der Waals surface area contributed by atoms with Gasteiger partial charge in [0.2, 0.25) is 0 Å². The van der Waals surface area contributed by atoms with Crippen molar-refractivity contribution in [3.8, 4) is 10.6 Å². The minimum Gasteiger partial charge on any atom is -0.465 e. The maximum atomic E-state index is 12.0. The number of hydrogen-bond donors (Lipinski definition) is 0. The van der Waals surface area contributed by atoms with Crippen molar-refractivity contribution in [3.05, 3.63) is 35.0 Å². The van der Waals surface area contributed by atoms with Crippen LogP contribution >= 0.6 is 11.3 Å². The van der Waals surface area contributed by atoms with Crippen LogP contribution in [0.1, 0.15) is 28.1 Å². The number of carbonyl (C=O) groups excluding carboxylic acids is 1. The lowest BCUT2D eigenvalue weighted by molar-refractivity contribution is 0.0601. The normalized spacial score (nSPS) is 14.2. The van der Waals surface area contributed by atoms with E-state index in [0.717, 1.165) is 39.9 Å². The molecule has 0 amide bonds. The number of nitrogens with zero attached hydrogens (tertiary/aromatic N) is 4. The van der Waals surface area contributed by atoms with E-state index < -0.39 is 0 Å². The predicted octanol–water partition coefficient (Wildman–Crippen LogP) is 3.45. The van der Waals surface area contributed by atoms with Crippen LogP contribution in [0.3, 0.4) is 0 Å². The largest absolute Gasteiger partial charge is 0.465 e. The molecule has 0 unspecified atom stereocenters. The van der Waals surface area contributed by atoms with Gasteiger partial charge in [0, 0.05) is 29.7 Å². The second kappa shape index (κ2) is 6.40. The standard InChI is InChI=1S/C18H18N4O2S/c1-11-9-20-17(25-11)13-7-12(18(23)24-2)8-14-16(13)21-15(10-19-14)22-5-3-4-6-22/h7-10H,3-6H2,1-2H3. The maximum Gasteiger partial charge on any atom is 0.337 e. The van der Waals surface area contributed by atoms with E-state index in [1.807, 2.05) is 13.1 Å². The molecule has 0 saturated carbocycles. The summed E-state index contributed by atoms with van der Waals surface area (Å²) in [5, 5.41) is 0.834. The Morgan fingerprint density at radius 2 is 2.00 bits per heavy atom. The monoisotopic (exact) mass is 354 g/mol. The Morgan fingerprint density at radius 1 is 1.20 bits per heavy atom. The van der Waals surface area contributed by atoms with Crippen LogP contribution in [0.25, 0.3) is 21.6 Å². The quantitative estimate of drug-likeness (QED) is 0.671. The Hall–Kier alpha value is -2.54. The van der Waals surface area contributed by atoms with Crippen molar-refractivity contribution in [2.45, 2.75) is 19.8 Å². The van der Waals surface area contributed by atoms with Gasteiger partial charge < -0.3 is 9.64 Å². The SMILES string of the molecule is COC(=O)c1cc(-c2ncc(C)s2)c2nc(N3CCCC3)cnc2c1. The van der Waals surface area contributed by atoms with Crippen LogP contribution in [0.15, 0.2) is 24.5 Å². The number of anilines is 1. The van der Waals surface area contributed by atoms with Crippen LogP contribution in [-0.4, -0.2) is 41.1 Å². The summed E-state index contributed by atoms with van der Waals surface area (Å²) in [5.74, 6) is 0.493. The van der Waals surface area contributed by atoms with Crippen LogP contribution in [0.5, 0.6) is 0 Å². The predicted molar refractivity (Wildman–Crippen MR) is 98.2 cm³/mol. The Bertz CT molecular complexity index is 947. The van der Waals surface area contributed by atoms with Gasteiger partial charge in [-0.2, -0.15) is 0 Å². The van der Waals surface area contributed by atoms with Gasteiger partial charge in [-0.15, -0.1) is 11.3 Å². The maximum absolute atomic E-state index is 12.0. The molecule has 7 heteroatoms. The highest BCUT2D eigenvalue weighted by atomic mass is 32.1. The van der Waals surface area contributed by atoms with Crippen molar-refractivity contribution in [1.29, 1.82) is 0 Å². The van der Waals surface area contributed by atoms with Gasteiger partial charge >= 0.3 is 5.97 Å². The van der Waals surface area contributed by atoms with Crippen molar-refractivity contribution in [2.75, 3.05) is 25.1 Å². The number of aromatic nitrogens is 3. The Kier molecular flexibility index (Phi) is 4.09. The molecule has 1 aromatic carbocycles. The molecular weight excluding hydrogens is 336 g/mol. The van der Waals surface area contributed by atoms with Crippen LogP contribution < -0.4 is 4.90 Å². The van der Waals surface area contributed by atoms with Crippen molar-refractivity contribution < 1.29 is 9.53 Å². The van der Waals surface area contributed by atoms with Crippen LogP contribution in [0.4, 0.5) is 5.82 Å². The van der Waals surface area contributed by atoms with E-state index in [-0.39, 0.29) is 5.97 Å². The molecule has 0 aliphatic carbocycles. The summed E-state index contributed by atoms with van der Waals surface area (Å²) >= 11 is 1.58. The third-order valence-electron chi connectivity index (χ3n) is 4.34. The number of aryl methyl sites for hydroxylation is 1. The highest BCUT2D eigenvalue weighted by molar-refractivity contribution is 7.15. The Morgan fingerprint density at radius 3 is 2.68 bits per heavy atom. The van der Waals surface area contributed by atoms with Gasteiger partial charge in [0.1, 0.15) is 16.3 Å². The van der Waals surface area contributed by atoms with Crippen LogP contribution in [0, 0.1) is 6.92 Å². The van der Waals surface area contributed by atoms with Gasteiger partial charge in [-0.3, -0.25) is 4.98 Å². The van der Waals surface area contributed by atoms with Gasteiger partial charge in [-0.25, -0.2) is 14.8 Å². The Balaban J connectivity index is 1.92. The molecule has 25 heavy (non-hydrogen) atoms. The number of thiazole rings is 1. The fourth-order valence-electron chi connectivity index (χ4n) is 3.08. The molecule has 0 radical (unpaired) electrons. The highest BCUT2D eigenvalue weighted by Gasteiger charge is 2.19.